The van der Waals surface area contributed by atoms with E-state index in [1.54, 1.807) is 0 Å². The molecule has 3 atom stereocenters. The number of fused-ring (bicyclic) bond motifs is 3. The van der Waals surface area contributed by atoms with Gasteiger partial charge in [0.05, 0.1) is 23.0 Å². The number of carbonyl (C=O) groups excluding carboxylic acids is 1. The van der Waals surface area contributed by atoms with Crippen molar-refractivity contribution in [2.24, 2.45) is 0 Å². The second-order valence-corrected chi connectivity index (χ2v) is 12.0. The molecule has 5 rings (SSSR count). The van der Waals surface area contributed by atoms with Gasteiger partial charge in [0.25, 0.3) is 0 Å². The Morgan fingerprint density at radius 3 is 2.45 bits per heavy atom. The number of hydrogen-bond donors (Lipinski definition) is 0. The van der Waals surface area contributed by atoms with Gasteiger partial charge < -0.3 is 14.4 Å². The zero-order valence-electron chi connectivity index (χ0n) is 25.0. The summed E-state index contributed by atoms with van der Waals surface area (Å²) in [6.45, 7) is 17.5. The molecule has 0 N–H and O–H groups in total. The van der Waals surface area contributed by atoms with Crippen LogP contribution in [0.3, 0.4) is 0 Å². The second kappa shape index (κ2) is 12.2. The molecule has 9 nitrogen and oxygen atoms in total. The van der Waals surface area contributed by atoms with Crippen molar-refractivity contribution in [2.45, 2.75) is 104 Å². The molecule has 0 spiro atoms. The Kier molecular flexibility index (Phi) is 9.29. The van der Waals surface area contributed by atoms with E-state index in [1.165, 1.54) is 6.20 Å². The fourth-order valence-electron chi connectivity index (χ4n) is 6.35. The maximum Gasteiger partial charge on any atom is 0.410 e. The third kappa shape index (κ3) is 5.93. The molecule has 2 aromatic heterocycles. The van der Waals surface area contributed by atoms with E-state index < -0.39 is 11.4 Å². The van der Waals surface area contributed by atoms with Crippen LogP contribution in [0.15, 0.2) is 6.20 Å². The minimum atomic E-state index is -0.686. The summed E-state index contributed by atoms with van der Waals surface area (Å²) in [4.78, 5) is 32.6. The Balaban J connectivity index is 0.00000181. The van der Waals surface area contributed by atoms with E-state index in [4.69, 9.17) is 26.1 Å². The molecule has 3 unspecified atom stereocenters. The molecule has 1 amide bonds. The summed E-state index contributed by atoms with van der Waals surface area (Å²) in [5.74, 6) is -0.132. The summed E-state index contributed by atoms with van der Waals surface area (Å²) in [5, 5.41) is 0.242. The summed E-state index contributed by atoms with van der Waals surface area (Å²) >= 11 is 6.04. The second-order valence-electron chi connectivity index (χ2n) is 11.7. The number of carbonyl (C=O) groups is 1. The van der Waals surface area contributed by atoms with Gasteiger partial charge >= 0.3 is 12.1 Å². The number of amides is 1. The Morgan fingerprint density at radius 1 is 1.18 bits per heavy atom. The molecule has 3 fully saturated rings. The van der Waals surface area contributed by atoms with Crippen molar-refractivity contribution in [1.29, 1.82) is 0 Å². The van der Waals surface area contributed by atoms with Gasteiger partial charge in [-0.1, -0.05) is 39.3 Å². The van der Waals surface area contributed by atoms with Gasteiger partial charge in [-0.05, 0) is 66.0 Å². The van der Waals surface area contributed by atoms with Gasteiger partial charge in [-0.15, -0.1) is 0 Å². The van der Waals surface area contributed by atoms with Gasteiger partial charge in [-0.2, -0.15) is 9.97 Å². The highest BCUT2D eigenvalue weighted by Gasteiger charge is 2.45. The number of piperazine rings is 1. The molecular weight excluding hydrogens is 535 g/mol. The van der Waals surface area contributed by atoms with Crippen LogP contribution in [0.2, 0.25) is 5.15 Å². The van der Waals surface area contributed by atoms with E-state index in [0.29, 0.717) is 30.9 Å². The minimum absolute atomic E-state index is 0.0250. The van der Waals surface area contributed by atoms with E-state index >= 15 is 4.39 Å². The van der Waals surface area contributed by atoms with Crippen molar-refractivity contribution in [3.8, 4) is 6.01 Å². The first kappa shape index (κ1) is 30.5. The van der Waals surface area contributed by atoms with E-state index in [1.807, 2.05) is 39.5 Å². The van der Waals surface area contributed by atoms with E-state index in [2.05, 4.69) is 33.6 Å². The summed E-state index contributed by atoms with van der Waals surface area (Å²) in [7, 11) is 0. The number of hydrogen-bond acceptors (Lipinski definition) is 8. The summed E-state index contributed by atoms with van der Waals surface area (Å²) in [6.07, 6.45) is 6.08. The highest BCUT2D eigenvalue weighted by Crippen LogP contribution is 2.38. The number of anilines is 1. The number of pyridine rings is 1. The van der Waals surface area contributed by atoms with Crippen LogP contribution in [0.1, 0.15) is 80.6 Å². The summed E-state index contributed by atoms with van der Waals surface area (Å²) < 4.78 is 27.1. The van der Waals surface area contributed by atoms with Crippen LogP contribution in [0.25, 0.3) is 10.9 Å². The first-order valence-corrected chi connectivity index (χ1v) is 15.1. The SMILES string of the molecule is CC.CCN1CCCC1(CC)COc1nc(N2CC3CCC(C2)N3C(=O)OC(C)(C)C)c2cnc(Cl)c(F)c2n1. The highest BCUT2D eigenvalue weighted by atomic mass is 35.5. The zero-order valence-corrected chi connectivity index (χ0v) is 25.7. The Labute approximate surface area is 242 Å². The van der Waals surface area contributed by atoms with Gasteiger partial charge in [-0.3, -0.25) is 9.80 Å². The molecule has 0 aliphatic carbocycles. The lowest BCUT2D eigenvalue weighted by molar-refractivity contribution is 0.0122. The van der Waals surface area contributed by atoms with Crippen LogP contribution in [0, 0.1) is 5.82 Å². The normalized spacial score (nSPS) is 24.7. The van der Waals surface area contributed by atoms with Crippen LogP contribution in [-0.2, 0) is 4.74 Å². The summed E-state index contributed by atoms with van der Waals surface area (Å²) in [6, 6.07) is 0.0810. The molecule has 11 heteroatoms. The molecule has 3 aliphatic heterocycles. The average Bonchev–Trinajstić information content (AvgIpc) is 3.47. The Bertz CT molecular complexity index is 1200. The maximum atomic E-state index is 15.2. The lowest BCUT2D eigenvalue weighted by atomic mass is 9.94. The fourth-order valence-corrected chi connectivity index (χ4v) is 6.48. The van der Waals surface area contributed by atoms with Crippen molar-refractivity contribution in [2.75, 3.05) is 37.7 Å². The first-order chi connectivity index (χ1) is 19.0. The van der Waals surface area contributed by atoms with Gasteiger partial charge in [-0.25, -0.2) is 14.2 Å². The number of aromatic nitrogens is 3. The van der Waals surface area contributed by atoms with Crippen LogP contribution in [0.5, 0.6) is 6.01 Å². The fraction of sp³-hybridized carbons (Fsp3) is 0.724. The van der Waals surface area contributed by atoms with Gasteiger partial charge in [0.1, 0.15) is 23.5 Å². The highest BCUT2D eigenvalue weighted by molar-refractivity contribution is 6.30. The number of likely N-dealkylation sites (N-methyl/N-ethyl adjacent to an activating group) is 1. The van der Waals surface area contributed by atoms with Crippen LogP contribution >= 0.6 is 11.6 Å². The van der Waals surface area contributed by atoms with Gasteiger partial charge in [0.2, 0.25) is 0 Å². The number of likely N-dealkylation sites (tertiary alicyclic amines) is 1. The quantitative estimate of drug-likeness (QED) is 0.382. The monoisotopic (exact) mass is 578 g/mol. The molecule has 2 aromatic rings. The molecule has 222 valence electrons. The zero-order chi connectivity index (χ0) is 29.2. The van der Waals surface area contributed by atoms with Crippen LogP contribution < -0.4 is 9.64 Å². The number of ether oxygens (including phenoxy) is 2. The molecule has 0 saturated carbocycles. The van der Waals surface area contributed by atoms with Crippen molar-refractivity contribution in [3.63, 3.8) is 0 Å². The molecule has 0 radical (unpaired) electrons. The number of nitrogens with zero attached hydrogens (tertiary/aromatic N) is 6. The number of rotatable bonds is 6. The molecule has 3 saturated heterocycles. The predicted octanol–water partition coefficient (Wildman–Crippen LogP) is 6.07. The van der Waals surface area contributed by atoms with Gasteiger partial charge in [0.15, 0.2) is 11.0 Å². The third-order valence-corrected chi connectivity index (χ3v) is 8.50. The molecular formula is C29H44ClFN6O3. The molecule has 40 heavy (non-hydrogen) atoms. The van der Waals surface area contributed by atoms with Crippen molar-refractivity contribution in [3.05, 3.63) is 17.2 Å². The van der Waals surface area contributed by atoms with E-state index in [0.717, 1.165) is 45.2 Å². The van der Waals surface area contributed by atoms with Crippen molar-refractivity contribution >= 4 is 34.4 Å². The molecule has 3 aliphatic rings. The van der Waals surface area contributed by atoms with Crippen molar-refractivity contribution in [1.82, 2.24) is 24.8 Å². The topological polar surface area (TPSA) is 83.9 Å². The Hall–Kier alpha value is -2.46. The van der Waals surface area contributed by atoms with Crippen LogP contribution in [0.4, 0.5) is 15.0 Å². The lowest BCUT2D eigenvalue weighted by Crippen LogP contribution is -2.57. The maximum absolute atomic E-state index is 15.2. The smallest absolute Gasteiger partial charge is 0.410 e. The molecule has 5 heterocycles. The molecule has 2 bridgehead atoms. The van der Waals surface area contributed by atoms with E-state index in [-0.39, 0.29) is 40.4 Å². The lowest BCUT2D eigenvalue weighted by Gasteiger charge is -2.42. The standard InChI is InChI=1S/C27H38ClFN6O3.C2H6/c1-6-27(11-8-12-34(27)7-2)16-37-24-31-21-19(13-30-22(28)20(21)29)23(32-24)33-14-17-9-10-18(15-33)35(17)25(36)38-26(3,4)5;1-2/h13,17-18H,6-12,14-16H2,1-5H3;1-2H3. The van der Waals surface area contributed by atoms with E-state index in [9.17, 15) is 4.79 Å². The van der Waals surface area contributed by atoms with Crippen molar-refractivity contribution < 1.29 is 18.7 Å². The molecule has 0 aromatic carbocycles. The predicted molar refractivity (Wildman–Crippen MR) is 156 cm³/mol. The minimum Gasteiger partial charge on any atom is -0.461 e. The number of halogens is 2. The largest absolute Gasteiger partial charge is 0.461 e. The first-order valence-electron chi connectivity index (χ1n) is 14.7. The van der Waals surface area contributed by atoms with Gasteiger partial charge in [0, 0.05) is 19.3 Å². The summed E-state index contributed by atoms with van der Waals surface area (Å²) in [5.41, 5.74) is -0.552. The average molecular weight is 579 g/mol. The van der Waals surface area contributed by atoms with Crippen LogP contribution in [-0.4, -0.2) is 86.9 Å². The Morgan fingerprint density at radius 2 is 1.85 bits per heavy atom. The third-order valence-electron chi connectivity index (χ3n) is 8.24.